The Morgan fingerprint density at radius 1 is 0.710 bits per heavy atom. The van der Waals surface area contributed by atoms with Gasteiger partial charge in [-0.25, -0.2) is 10.1 Å². The largest absolute Gasteiger partial charge is 0.485 e. The average molecular weight is 409 g/mol. The number of ether oxygens (including phenoxy) is 2. The summed E-state index contributed by atoms with van der Waals surface area (Å²) < 4.78 is 12.1. The number of hydrogen-bond acceptors (Lipinski definition) is 6. The van der Waals surface area contributed by atoms with Gasteiger partial charge in [0.15, 0.2) is 17.3 Å². The summed E-state index contributed by atoms with van der Waals surface area (Å²) in [7, 11) is 0. The highest BCUT2D eigenvalue weighted by Crippen LogP contribution is 2.29. The predicted molar refractivity (Wildman–Crippen MR) is 116 cm³/mol. The van der Waals surface area contributed by atoms with Crippen LogP contribution >= 0.6 is 0 Å². The zero-order chi connectivity index (χ0) is 20.9. The number of para-hydroxylation sites is 3. The van der Waals surface area contributed by atoms with E-state index in [1.165, 1.54) is 0 Å². The van der Waals surface area contributed by atoms with Crippen LogP contribution in [0.25, 0.3) is 22.3 Å². The summed E-state index contributed by atoms with van der Waals surface area (Å²) in [6.45, 7) is 0.705. The van der Waals surface area contributed by atoms with Crippen molar-refractivity contribution in [3.63, 3.8) is 0 Å². The van der Waals surface area contributed by atoms with Gasteiger partial charge >= 0.3 is 0 Å². The van der Waals surface area contributed by atoms with Gasteiger partial charge in [-0.05, 0) is 34.7 Å². The van der Waals surface area contributed by atoms with Gasteiger partial charge in [0.1, 0.15) is 13.2 Å². The van der Waals surface area contributed by atoms with E-state index in [0.717, 1.165) is 27.7 Å². The van der Waals surface area contributed by atoms with E-state index in [-0.39, 0.29) is 0 Å². The molecular formula is C24H19N5O2. The molecule has 0 saturated heterocycles. The van der Waals surface area contributed by atoms with Crippen molar-refractivity contribution >= 4 is 10.9 Å². The highest BCUT2D eigenvalue weighted by molar-refractivity contribution is 5.78. The molecule has 3 aromatic carbocycles. The molecule has 1 N–H and O–H groups in total. The van der Waals surface area contributed by atoms with E-state index in [4.69, 9.17) is 9.47 Å². The summed E-state index contributed by atoms with van der Waals surface area (Å²) in [4.78, 5) is 4.67. The Hall–Kier alpha value is -4.26. The smallest absolute Gasteiger partial charge is 0.179 e. The summed E-state index contributed by atoms with van der Waals surface area (Å²) in [5, 5.41) is 15.2. The first-order valence-corrected chi connectivity index (χ1v) is 9.88. The molecule has 0 unspecified atom stereocenters. The third-order valence-electron chi connectivity index (χ3n) is 4.88. The van der Waals surface area contributed by atoms with E-state index >= 15 is 0 Å². The van der Waals surface area contributed by atoms with Crippen LogP contribution in [-0.2, 0) is 13.2 Å². The molecule has 5 rings (SSSR count). The minimum absolute atomic E-state index is 0.353. The van der Waals surface area contributed by atoms with Crippen molar-refractivity contribution in [1.82, 2.24) is 25.6 Å². The first-order chi connectivity index (χ1) is 15.4. The Balaban J connectivity index is 1.31. The van der Waals surface area contributed by atoms with Crippen LogP contribution in [0.3, 0.4) is 0 Å². The van der Waals surface area contributed by atoms with Crippen LogP contribution in [0.5, 0.6) is 11.5 Å². The number of tetrazole rings is 1. The molecule has 7 heteroatoms. The van der Waals surface area contributed by atoms with Crippen molar-refractivity contribution in [2.45, 2.75) is 13.2 Å². The summed E-state index contributed by atoms with van der Waals surface area (Å²) in [6.07, 6.45) is 0. The fourth-order valence-electron chi connectivity index (χ4n) is 3.33. The molecule has 0 radical (unpaired) electrons. The van der Waals surface area contributed by atoms with Crippen LogP contribution in [0.2, 0.25) is 0 Å². The van der Waals surface area contributed by atoms with E-state index in [9.17, 15) is 0 Å². The van der Waals surface area contributed by atoms with Crippen molar-refractivity contribution in [3.8, 4) is 22.9 Å². The monoisotopic (exact) mass is 409 g/mol. The molecule has 2 aromatic heterocycles. The van der Waals surface area contributed by atoms with Crippen molar-refractivity contribution in [2.75, 3.05) is 0 Å². The quantitative estimate of drug-likeness (QED) is 0.424. The molecule has 2 heterocycles. The van der Waals surface area contributed by atoms with E-state index in [1.54, 1.807) is 0 Å². The fourth-order valence-corrected chi connectivity index (χ4v) is 3.33. The highest BCUT2D eigenvalue weighted by atomic mass is 16.5. The van der Waals surface area contributed by atoms with E-state index < -0.39 is 0 Å². The van der Waals surface area contributed by atoms with Gasteiger partial charge in [-0.1, -0.05) is 60.7 Å². The molecule has 0 spiro atoms. The maximum atomic E-state index is 6.09. The lowest BCUT2D eigenvalue weighted by atomic mass is 10.1. The average Bonchev–Trinajstić information content (AvgIpc) is 3.37. The topological polar surface area (TPSA) is 85.8 Å². The number of nitrogens with one attached hydrogen (secondary N) is 1. The van der Waals surface area contributed by atoms with Crippen molar-refractivity contribution < 1.29 is 9.47 Å². The summed E-state index contributed by atoms with van der Waals surface area (Å²) in [5.74, 6) is 1.93. The summed E-state index contributed by atoms with van der Waals surface area (Å²) in [6, 6.07) is 27.5. The van der Waals surface area contributed by atoms with Crippen molar-refractivity contribution in [3.05, 3.63) is 96.2 Å². The number of hydrogen-bond donors (Lipinski definition) is 1. The molecule has 0 aliphatic rings. The molecule has 7 nitrogen and oxygen atoms in total. The molecule has 152 valence electrons. The normalized spacial score (nSPS) is 10.8. The van der Waals surface area contributed by atoms with Gasteiger partial charge in [-0.2, -0.15) is 0 Å². The molecule has 0 bridgehead atoms. The Bertz CT molecular complexity index is 1300. The minimum atomic E-state index is 0.353. The van der Waals surface area contributed by atoms with Crippen molar-refractivity contribution in [2.24, 2.45) is 0 Å². The molecular weight excluding hydrogens is 390 g/mol. The van der Waals surface area contributed by atoms with Gasteiger partial charge in [0.05, 0.1) is 11.2 Å². The first-order valence-electron chi connectivity index (χ1n) is 9.88. The number of pyridine rings is 1. The molecule has 0 aliphatic heterocycles. The van der Waals surface area contributed by atoms with Crippen molar-refractivity contribution in [1.29, 1.82) is 0 Å². The molecule has 0 saturated carbocycles. The van der Waals surface area contributed by atoms with Crippen LogP contribution in [0.4, 0.5) is 0 Å². The molecule has 0 fully saturated rings. The Morgan fingerprint density at radius 3 is 2.29 bits per heavy atom. The molecule has 5 aromatic rings. The number of aromatic amines is 1. The van der Waals surface area contributed by atoms with E-state index in [0.29, 0.717) is 30.5 Å². The number of benzene rings is 3. The SMILES string of the molecule is c1ccc(-c2nnn[nH]2)c(COc2ccccc2OCc2ccc3ccccc3n2)c1. The maximum Gasteiger partial charge on any atom is 0.179 e. The van der Waals surface area contributed by atoms with E-state index in [2.05, 4.69) is 31.7 Å². The third-order valence-corrected chi connectivity index (χ3v) is 4.88. The standard InChI is InChI=1S/C24H19N5O2/c1-3-9-20(24-26-28-29-27-24)18(8-1)15-30-22-11-5-6-12-23(22)31-16-19-14-13-17-7-2-4-10-21(17)25-19/h1-14H,15-16H2,(H,26,27,28,29). The van der Waals surface area contributed by atoms with Crippen LogP contribution < -0.4 is 9.47 Å². The fraction of sp³-hybridized carbons (Fsp3) is 0.0833. The number of nitrogens with zero attached hydrogens (tertiary/aromatic N) is 4. The molecule has 0 amide bonds. The van der Waals surface area contributed by atoms with Crippen LogP contribution in [0, 0.1) is 0 Å². The lowest BCUT2D eigenvalue weighted by Gasteiger charge is -2.14. The molecule has 0 aliphatic carbocycles. The lowest BCUT2D eigenvalue weighted by molar-refractivity contribution is 0.254. The van der Waals surface area contributed by atoms with Gasteiger partial charge in [-0.15, -0.1) is 5.10 Å². The van der Waals surface area contributed by atoms with Crippen LogP contribution in [0.15, 0.2) is 84.9 Å². The maximum absolute atomic E-state index is 6.09. The Morgan fingerprint density at radius 2 is 1.45 bits per heavy atom. The van der Waals surface area contributed by atoms with Gasteiger partial charge in [0, 0.05) is 16.5 Å². The van der Waals surface area contributed by atoms with Gasteiger partial charge in [0.25, 0.3) is 0 Å². The number of fused-ring (bicyclic) bond motifs is 1. The third kappa shape index (κ3) is 4.20. The predicted octanol–water partition coefficient (Wildman–Crippen LogP) is 4.57. The molecule has 31 heavy (non-hydrogen) atoms. The Kier molecular flexibility index (Phi) is 5.22. The van der Waals surface area contributed by atoms with Gasteiger partial charge < -0.3 is 9.47 Å². The van der Waals surface area contributed by atoms with E-state index in [1.807, 2.05) is 78.9 Å². The Labute approximate surface area is 178 Å². The first kappa shape index (κ1) is 18.7. The van der Waals surface area contributed by atoms with Crippen LogP contribution in [-0.4, -0.2) is 25.6 Å². The summed E-state index contributed by atoms with van der Waals surface area (Å²) >= 11 is 0. The number of aromatic nitrogens is 5. The lowest BCUT2D eigenvalue weighted by Crippen LogP contribution is -2.02. The summed E-state index contributed by atoms with van der Waals surface area (Å²) in [5.41, 5.74) is 3.67. The van der Waals surface area contributed by atoms with Gasteiger partial charge in [0.2, 0.25) is 0 Å². The minimum Gasteiger partial charge on any atom is -0.485 e. The van der Waals surface area contributed by atoms with Gasteiger partial charge in [-0.3, -0.25) is 0 Å². The second-order valence-electron chi connectivity index (χ2n) is 6.93. The second-order valence-corrected chi connectivity index (χ2v) is 6.93. The zero-order valence-corrected chi connectivity index (χ0v) is 16.6. The number of rotatable bonds is 7. The second kappa shape index (κ2) is 8.62. The highest BCUT2D eigenvalue weighted by Gasteiger charge is 2.11. The number of H-pyrrole nitrogens is 1. The zero-order valence-electron chi connectivity index (χ0n) is 16.6. The molecule has 0 atom stereocenters. The van der Waals surface area contributed by atoms with Crippen LogP contribution in [0.1, 0.15) is 11.3 Å².